The van der Waals surface area contributed by atoms with E-state index in [2.05, 4.69) is 31.4 Å². The molecular weight excluding hydrogens is 446 g/mol. The van der Waals surface area contributed by atoms with Crippen molar-refractivity contribution >= 4 is 51.0 Å². The molecular formula is C19H16BrN3O4S. The van der Waals surface area contributed by atoms with E-state index in [0.717, 1.165) is 33.1 Å². The summed E-state index contributed by atoms with van der Waals surface area (Å²) < 4.78 is 6.77. The van der Waals surface area contributed by atoms with Crippen molar-refractivity contribution in [1.29, 1.82) is 0 Å². The number of carboxylic acid groups (broad SMARTS) is 1. The molecule has 0 aliphatic carbocycles. The van der Waals surface area contributed by atoms with Crippen LogP contribution in [-0.4, -0.2) is 33.6 Å². The standard InChI is InChI=1S/C19H16BrN3O4S/c20-14-5-1-13(2-6-14)11-27-15-7-3-12(4-8-15)10-21-23-19-22-18(26)16(28-19)9-17(24)25/h1-8,10,16H,9,11H2,(H,24,25)(H,22,23,26)/b21-10-/t16-/m0/s1. The van der Waals surface area contributed by atoms with Crippen LogP contribution in [0.2, 0.25) is 0 Å². The molecule has 1 atom stereocenters. The minimum Gasteiger partial charge on any atom is -0.489 e. The number of hydrogen-bond donors (Lipinski definition) is 2. The Morgan fingerprint density at radius 1 is 1.21 bits per heavy atom. The number of benzene rings is 2. The minimum atomic E-state index is -1.03. The van der Waals surface area contributed by atoms with Crippen LogP contribution in [0.4, 0.5) is 0 Å². The normalized spacial score (nSPS) is 17.8. The molecule has 1 heterocycles. The topological polar surface area (TPSA) is 100 Å². The molecule has 2 N–H and O–H groups in total. The van der Waals surface area contributed by atoms with Gasteiger partial charge in [-0.05, 0) is 47.5 Å². The Balaban J connectivity index is 1.52. The number of carbonyl (C=O) groups is 2. The maximum Gasteiger partial charge on any atom is 0.305 e. The molecule has 0 aromatic heterocycles. The molecule has 0 spiro atoms. The summed E-state index contributed by atoms with van der Waals surface area (Å²) in [7, 11) is 0. The van der Waals surface area contributed by atoms with Crippen molar-refractivity contribution < 1.29 is 19.4 Å². The monoisotopic (exact) mass is 461 g/mol. The second-order valence-electron chi connectivity index (χ2n) is 5.83. The second-order valence-corrected chi connectivity index (χ2v) is 7.93. The van der Waals surface area contributed by atoms with Crippen LogP contribution >= 0.6 is 27.7 Å². The summed E-state index contributed by atoms with van der Waals surface area (Å²) in [5.41, 5.74) is 1.89. The van der Waals surface area contributed by atoms with Gasteiger partial charge in [-0.3, -0.25) is 9.59 Å². The molecule has 0 unspecified atom stereocenters. The first-order valence-electron chi connectivity index (χ1n) is 8.27. The molecule has 1 aliphatic heterocycles. The van der Waals surface area contributed by atoms with Gasteiger partial charge >= 0.3 is 5.97 Å². The minimum absolute atomic E-state index is 0.249. The predicted molar refractivity (Wildman–Crippen MR) is 112 cm³/mol. The van der Waals surface area contributed by atoms with Gasteiger partial charge in [0.2, 0.25) is 5.91 Å². The number of rotatable bonds is 7. The van der Waals surface area contributed by atoms with Gasteiger partial charge in [0, 0.05) is 4.47 Å². The van der Waals surface area contributed by atoms with E-state index in [1.165, 1.54) is 0 Å². The number of nitrogens with zero attached hydrogens (tertiary/aromatic N) is 2. The number of thioether (sulfide) groups is 1. The zero-order chi connectivity index (χ0) is 19.9. The zero-order valence-electron chi connectivity index (χ0n) is 14.5. The highest BCUT2D eigenvalue weighted by atomic mass is 79.9. The third kappa shape index (κ3) is 5.93. The van der Waals surface area contributed by atoms with Gasteiger partial charge in [0.1, 0.15) is 17.6 Å². The molecule has 0 saturated carbocycles. The molecule has 3 rings (SSSR count). The maximum atomic E-state index is 11.6. The van der Waals surface area contributed by atoms with E-state index in [1.54, 1.807) is 6.21 Å². The van der Waals surface area contributed by atoms with Crippen molar-refractivity contribution in [2.45, 2.75) is 18.3 Å². The van der Waals surface area contributed by atoms with E-state index >= 15 is 0 Å². The van der Waals surface area contributed by atoms with E-state index < -0.39 is 11.2 Å². The summed E-state index contributed by atoms with van der Waals surface area (Å²) in [5, 5.41) is 18.8. The first kappa shape index (κ1) is 20.1. The summed E-state index contributed by atoms with van der Waals surface area (Å²) in [6.45, 7) is 0.475. The van der Waals surface area contributed by atoms with Crippen LogP contribution in [-0.2, 0) is 16.2 Å². The van der Waals surface area contributed by atoms with Gasteiger partial charge < -0.3 is 15.2 Å². The first-order chi connectivity index (χ1) is 13.5. The first-order valence-corrected chi connectivity index (χ1v) is 9.94. The van der Waals surface area contributed by atoms with Gasteiger partial charge in [0.25, 0.3) is 0 Å². The Kier molecular flexibility index (Phi) is 6.83. The van der Waals surface area contributed by atoms with Crippen LogP contribution in [0.15, 0.2) is 63.2 Å². The molecule has 1 fully saturated rings. The number of nitrogens with one attached hydrogen (secondary N) is 1. The van der Waals surface area contributed by atoms with Crippen molar-refractivity contribution in [3.8, 4) is 5.75 Å². The Morgan fingerprint density at radius 2 is 1.93 bits per heavy atom. The summed E-state index contributed by atoms with van der Waals surface area (Å²) in [4.78, 5) is 22.3. The number of amidine groups is 1. The highest BCUT2D eigenvalue weighted by molar-refractivity contribution is 9.10. The summed E-state index contributed by atoms with van der Waals surface area (Å²) in [5.74, 6) is -0.657. The predicted octanol–water partition coefficient (Wildman–Crippen LogP) is 3.42. The van der Waals surface area contributed by atoms with Crippen molar-refractivity contribution in [2.75, 3.05) is 0 Å². The van der Waals surface area contributed by atoms with Crippen LogP contribution in [0, 0.1) is 0 Å². The molecule has 7 nitrogen and oxygen atoms in total. The highest BCUT2D eigenvalue weighted by Gasteiger charge is 2.32. The fraction of sp³-hybridized carbons (Fsp3) is 0.158. The van der Waals surface area contributed by atoms with E-state index in [4.69, 9.17) is 9.84 Å². The van der Waals surface area contributed by atoms with Crippen molar-refractivity contribution in [3.63, 3.8) is 0 Å². The molecule has 1 saturated heterocycles. The fourth-order valence-corrected chi connectivity index (χ4v) is 3.47. The largest absolute Gasteiger partial charge is 0.489 e. The smallest absolute Gasteiger partial charge is 0.305 e. The van der Waals surface area contributed by atoms with Crippen LogP contribution in [0.25, 0.3) is 0 Å². The van der Waals surface area contributed by atoms with Crippen molar-refractivity contribution in [1.82, 2.24) is 5.32 Å². The lowest BCUT2D eigenvalue weighted by Gasteiger charge is -2.06. The van der Waals surface area contributed by atoms with E-state index in [0.29, 0.717) is 11.8 Å². The number of aliphatic carboxylic acids is 1. The molecule has 144 valence electrons. The number of hydrogen-bond acceptors (Lipinski definition) is 6. The number of carbonyl (C=O) groups excluding carboxylic acids is 1. The van der Waals surface area contributed by atoms with Gasteiger partial charge in [0.05, 0.1) is 12.6 Å². The van der Waals surface area contributed by atoms with Crippen LogP contribution in [0.5, 0.6) is 5.75 Å². The Morgan fingerprint density at radius 3 is 2.61 bits per heavy atom. The molecule has 28 heavy (non-hydrogen) atoms. The summed E-state index contributed by atoms with van der Waals surface area (Å²) >= 11 is 4.46. The molecule has 1 amide bonds. The van der Waals surface area contributed by atoms with E-state index in [1.807, 2.05) is 48.5 Å². The lowest BCUT2D eigenvalue weighted by atomic mass is 10.2. The SMILES string of the molecule is O=C(O)C[C@@H]1S/C(=N\N=C/c2ccc(OCc3ccc(Br)cc3)cc2)NC1=O. The van der Waals surface area contributed by atoms with E-state index in [9.17, 15) is 9.59 Å². The van der Waals surface area contributed by atoms with Crippen LogP contribution < -0.4 is 10.1 Å². The molecule has 0 radical (unpaired) electrons. The number of ether oxygens (including phenoxy) is 1. The zero-order valence-corrected chi connectivity index (χ0v) is 16.9. The van der Waals surface area contributed by atoms with Gasteiger partial charge in [-0.1, -0.05) is 39.8 Å². The third-order valence-electron chi connectivity index (χ3n) is 3.69. The Hall–Kier alpha value is -2.65. The average molecular weight is 462 g/mol. The van der Waals surface area contributed by atoms with Crippen LogP contribution in [0.3, 0.4) is 0 Å². The number of carboxylic acids is 1. The molecule has 9 heteroatoms. The third-order valence-corrected chi connectivity index (χ3v) is 5.29. The average Bonchev–Trinajstić information content (AvgIpc) is 3.01. The van der Waals surface area contributed by atoms with Gasteiger partial charge in [-0.25, -0.2) is 0 Å². The highest BCUT2D eigenvalue weighted by Crippen LogP contribution is 2.22. The number of amides is 1. The fourth-order valence-electron chi connectivity index (χ4n) is 2.29. The van der Waals surface area contributed by atoms with Crippen molar-refractivity contribution in [2.24, 2.45) is 10.2 Å². The summed E-state index contributed by atoms with van der Waals surface area (Å²) in [6.07, 6.45) is 1.30. The second kappa shape index (κ2) is 9.52. The maximum absolute atomic E-state index is 11.6. The lowest BCUT2D eigenvalue weighted by Crippen LogP contribution is -2.26. The molecule has 0 bridgehead atoms. The van der Waals surface area contributed by atoms with Crippen molar-refractivity contribution in [3.05, 3.63) is 64.1 Å². The Bertz CT molecular complexity index is 914. The van der Waals surface area contributed by atoms with Crippen LogP contribution in [0.1, 0.15) is 17.5 Å². The van der Waals surface area contributed by atoms with Gasteiger partial charge in [-0.2, -0.15) is 5.10 Å². The van der Waals surface area contributed by atoms with E-state index in [-0.39, 0.29) is 12.3 Å². The molecule has 2 aromatic carbocycles. The molecule has 2 aromatic rings. The van der Waals surface area contributed by atoms with Gasteiger partial charge in [0.15, 0.2) is 5.17 Å². The Labute approximate surface area is 174 Å². The lowest BCUT2D eigenvalue weighted by molar-refractivity contribution is -0.138. The molecule has 1 aliphatic rings. The van der Waals surface area contributed by atoms with Gasteiger partial charge in [-0.15, -0.1) is 5.10 Å². The summed E-state index contributed by atoms with van der Waals surface area (Å²) in [6, 6.07) is 15.3. The quantitative estimate of drug-likeness (QED) is 0.485. The number of halogens is 1.